The molecule has 2 fully saturated rings. The molecule has 2 amide bonds. The molecule has 0 radical (unpaired) electrons. The maximum atomic E-state index is 14.0. The standard InChI is InChI=1S/C14H14ClFN2O2/c15-9-2-1-3-10(16)13(9)18-7-6-11(19)17-12(14(18)20)8-4-5-8/h1-3,8,12H,4-7H2,(H,17,19). The van der Waals surface area contributed by atoms with Crippen LogP contribution in [0.2, 0.25) is 5.02 Å². The average Bonchev–Trinajstić information content (AvgIpc) is 3.22. The van der Waals surface area contributed by atoms with E-state index in [1.165, 1.54) is 17.0 Å². The third-order valence-corrected chi connectivity index (χ3v) is 4.02. The Morgan fingerprint density at radius 3 is 2.70 bits per heavy atom. The Morgan fingerprint density at radius 2 is 2.05 bits per heavy atom. The van der Waals surface area contributed by atoms with Gasteiger partial charge in [0.1, 0.15) is 11.9 Å². The van der Waals surface area contributed by atoms with Crippen molar-refractivity contribution in [2.45, 2.75) is 25.3 Å². The van der Waals surface area contributed by atoms with Gasteiger partial charge in [0.2, 0.25) is 11.8 Å². The normalized spacial score (nSPS) is 23.5. The molecule has 1 saturated heterocycles. The van der Waals surface area contributed by atoms with Crippen molar-refractivity contribution in [3.8, 4) is 0 Å². The van der Waals surface area contributed by atoms with E-state index in [9.17, 15) is 14.0 Å². The molecule has 1 aliphatic heterocycles. The Hall–Kier alpha value is -1.62. The van der Waals surface area contributed by atoms with Crippen LogP contribution in [0, 0.1) is 11.7 Å². The van der Waals surface area contributed by atoms with Crippen molar-refractivity contribution in [3.63, 3.8) is 0 Å². The SMILES string of the molecule is O=C1CCN(c2c(F)cccc2Cl)C(=O)C(C2CC2)N1. The molecule has 1 N–H and O–H groups in total. The number of hydrogen-bond acceptors (Lipinski definition) is 2. The second-order valence-corrected chi connectivity index (χ2v) is 5.60. The number of hydrogen-bond donors (Lipinski definition) is 1. The second kappa shape index (κ2) is 5.05. The van der Waals surface area contributed by atoms with Crippen molar-refractivity contribution >= 4 is 29.1 Å². The van der Waals surface area contributed by atoms with Crippen LogP contribution in [0.1, 0.15) is 19.3 Å². The minimum absolute atomic E-state index is 0.0707. The lowest BCUT2D eigenvalue weighted by molar-refractivity contribution is -0.126. The molecular weight excluding hydrogens is 283 g/mol. The first-order valence-electron chi connectivity index (χ1n) is 6.62. The highest BCUT2D eigenvalue weighted by Gasteiger charge is 2.42. The highest BCUT2D eigenvalue weighted by atomic mass is 35.5. The van der Waals surface area contributed by atoms with Gasteiger partial charge >= 0.3 is 0 Å². The minimum Gasteiger partial charge on any atom is -0.344 e. The van der Waals surface area contributed by atoms with Gasteiger partial charge in [0.05, 0.1) is 10.7 Å². The molecule has 2 aliphatic rings. The van der Waals surface area contributed by atoms with Crippen LogP contribution in [0.25, 0.3) is 0 Å². The molecular formula is C14H14ClFN2O2. The third kappa shape index (κ3) is 2.38. The second-order valence-electron chi connectivity index (χ2n) is 5.19. The van der Waals surface area contributed by atoms with Crippen molar-refractivity contribution in [3.05, 3.63) is 29.0 Å². The van der Waals surface area contributed by atoms with Crippen molar-refractivity contribution in [1.82, 2.24) is 5.32 Å². The zero-order valence-electron chi connectivity index (χ0n) is 10.7. The van der Waals surface area contributed by atoms with E-state index in [1.807, 2.05) is 0 Å². The van der Waals surface area contributed by atoms with E-state index in [2.05, 4.69) is 5.32 Å². The van der Waals surface area contributed by atoms with Crippen LogP contribution < -0.4 is 10.2 Å². The highest BCUT2D eigenvalue weighted by molar-refractivity contribution is 6.34. The summed E-state index contributed by atoms with van der Waals surface area (Å²) >= 11 is 6.02. The average molecular weight is 297 g/mol. The van der Waals surface area contributed by atoms with Crippen LogP contribution in [-0.4, -0.2) is 24.4 Å². The molecule has 1 heterocycles. The first-order chi connectivity index (χ1) is 9.58. The molecule has 1 unspecified atom stereocenters. The van der Waals surface area contributed by atoms with E-state index in [0.29, 0.717) is 0 Å². The van der Waals surface area contributed by atoms with Crippen molar-refractivity contribution < 1.29 is 14.0 Å². The van der Waals surface area contributed by atoms with Gasteiger partial charge < -0.3 is 10.2 Å². The predicted molar refractivity (Wildman–Crippen MR) is 73.0 cm³/mol. The minimum atomic E-state index is -0.555. The highest BCUT2D eigenvalue weighted by Crippen LogP contribution is 2.36. The van der Waals surface area contributed by atoms with Crippen LogP contribution in [0.15, 0.2) is 18.2 Å². The molecule has 1 saturated carbocycles. The lowest BCUT2D eigenvalue weighted by Crippen LogP contribution is -2.46. The van der Waals surface area contributed by atoms with Gasteiger partial charge in [-0.15, -0.1) is 0 Å². The quantitative estimate of drug-likeness (QED) is 0.909. The number of benzene rings is 1. The van der Waals surface area contributed by atoms with Crippen molar-refractivity contribution in [2.24, 2.45) is 5.92 Å². The van der Waals surface area contributed by atoms with Gasteiger partial charge in [-0.25, -0.2) is 4.39 Å². The predicted octanol–water partition coefficient (Wildman–Crippen LogP) is 2.11. The van der Waals surface area contributed by atoms with Crippen LogP contribution >= 0.6 is 11.6 Å². The molecule has 0 bridgehead atoms. The lowest BCUT2D eigenvalue weighted by atomic mass is 10.1. The molecule has 0 spiro atoms. The fourth-order valence-electron chi connectivity index (χ4n) is 2.52. The summed E-state index contributed by atoms with van der Waals surface area (Å²) in [5.41, 5.74) is 0.0707. The summed E-state index contributed by atoms with van der Waals surface area (Å²) in [6.07, 6.45) is 1.98. The first kappa shape index (κ1) is 13.4. The van der Waals surface area contributed by atoms with Gasteiger partial charge in [-0.3, -0.25) is 9.59 Å². The lowest BCUT2D eigenvalue weighted by Gasteiger charge is -2.25. The van der Waals surface area contributed by atoms with Gasteiger partial charge in [-0.2, -0.15) is 0 Å². The topological polar surface area (TPSA) is 49.4 Å². The molecule has 0 aromatic heterocycles. The van der Waals surface area contributed by atoms with Gasteiger partial charge in [0.15, 0.2) is 0 Å². The van der Waals surface area contributed by atoms with E-state index in [4.69, 9.17) is 11.6 Å². The van der Waals surface area contributed by atoms with E-state index < -0.39 is 11.9 Å². The molecule has 1 aliphatic carbocycles. The zero-order valence-corrected chi connectivity index (χ0v) is 11.5. The Balaban J connectivity index is 1.98. The summed E-state index contributed by atoms with van der Waals surface area (Å²) in [5, 5.41) is 2.92. The van der Waals surface area contributed by atoms with Gasteiger partial charge in [-0.05, 0) is 30.9 Å². The number of nitrogens with zero attached hydrogens (tertiary/aromatic N) is 1. The number of carbonyl (C=O) groups is 2. The molecule has 1 aromatic rings. The third-order valence-electron chi connectivity index (χ3n) is 3.71. The molecule has 20 heavy (non-hydrogen) atoms. The van der Waals surface area contributed by atoms with Crippen LogP contribution in [0.5, 0.6) is 0 Å². The molecule has 1 atom stereocenters. The summed E-state index contributed by atoms with van der Waals surface area (Å²) in [7, 11) is 0. The Labute approximate surface area is 120 Å². The number of para-hydroxylation sites is 1. The molecule has 6 heteroatoms. The van der Waals surface area contributed by atoms with Crippen LogP contribution in [0.4, 0.5) is 10.1 Å². The fourth-order valence-corrected chi connectivity index (χ4v) is 2.78. The monoisotopic (exact) mass is 296 g/mol. The summed E-state index contributed by atoms with van der Waals surface area (Å²) < 4.78 is 14.0. The van der Waals surface area contributed by atoms with Gasteiger partial charge in [0.25, 0.3) is 0 Å². The number of nitrogens with one attached hydrogen (secondary N) is 1. The molecule has 1 aromatic carbocycles. The van der Waals surface area contributed by atoms with E-state index >= 15 is 0 Å². The largest absolute Gasteiger partial charge is 0.344 e. The molecule has 3 rings (SSSR count). The van der Waals surface area contributed by atoms with Gasteiger partial charge in [0, 0.05) is 13.0 Å². The van der Waals surface area contributed by atoms with Crippen LogP contribution in [-0.2, 0) is 9.59 Å². The maximum absolute atomic E-state index is 14.0. The van der Waals surface area contributed by atoms with E-state index in [-0.39, 0.29) is 41.4 Å². The van der Waals surface area contributed by atoms with Crippen molar-refractivity contribution in [1.29, 1.82) is 0 Å². The van der Waals surface area contributed by atoms with Crippen LogP contribution in [0.3, 0.4) is 0 Å². The molecule has 106 valence electrons. The maximum Gasteiger partial charge on any atom is 0.249 e. The van der Waals surface area contributed by atoms with Gasteiger partial charge in [-0.1, -0.05) is 17.7 Å². The number of halogens is 2. The summed E-state index contributed by atoms with van der Waals surface area (Å²) in [5.74, 6) is -0.831. The fraction of sp³-hybridized carbons (Fsp3) is 0.429. The number of amides is 2. The zero-order chi connectivity index (χ0) is 14.3. The van der Waals surface area contributed by atoms with Crippen molar-refractivity contribution in [2.75, 3.05) is 11.4 Å². The number of carbonyl (C=O) groups excluding carboxylic acids is 2. The summed E-state index contributed by atoms with van der Waals surface area (Å²) in [6.45, 7) is 0.147. The number of rotatable bonds is 2. The molecule has 4 nitrogen and oxygen atoms in total. The summed E-state index contributed by atoms with van der Waals surface area (Å²) in [4.78, 5) is 25.6. The first-order valence-corrected chi connectivity index (χ1v) is 7.00. The smallest absolute Gasteiger partial charge is 0.249 e. The summed E-state index contributed by atoms with van der Waals surface area (Å²) in [6, 6.07) is 3.74. The Morgan fingerprint density at radius 1 is 1.30 bits per heavy atom. The van der Waals surface area contributed by atoms with E-state index in [1.54, 1.807) is 6.07 Å². The van der Waals surface area contributed by atoms with E-state index in [0.717, 1.165) is 12.8 Å². The Kier molecular flexibility index (Phi) is 3.38. The Bertz CT molecular complexity index is 554. The number of anilines is 1.